The molecular weight excluding hydrogens is 402 g/mol. The number of ketones is 1. The first-order chi connectivity index (χ1) is 15.6. The standard InChI is InChI=1S/C26H21N3O3/c1-32-19-11-9-16(10-12-19)18-13-23-22(24(30)14-18)15-27-26(28-23)29-25(31)21-8-4-6-17-5-2-3-7-20(17)21/h2-12,15,18H,13-14H2,1H3,(H,27,28,29,31)/t18-/m0/s1. The Kier molecular flexibility index (Phi) is 5.11. The molecule has 0 saturated carbocycles. The molecule has 0 bridgehead atoms. The van der Waals surface area contributed by atoms with E-state index < -0.39 is 0 Å². The molecule has 1 heterocycles. The predicted molar refractivity (Wildman–Crippen MR) is 122 cm³/mol. The first-order valence-corrected chi connectivity index (χ1v) is 10.4. The molecule has 5 rings (SSSR count). The van der Waals surface area contributed by atoms with Crippen molar-refractivity contribution in [3.63, 3.8) is 0 Å². The molecule has 158 valence electrons. The van der Waals surface area contributed by atoms with Gasteiger partial charge in [0, 0.05) is 18.2 Å². The minimum absolute atomic E-state index is 0.0130. The Morgan fingerprint density at radius 3 is 2.59 bits per heavy atom. The SMILES string of the molecule is COc1ccc([C@@H]2CC(=O)c3cnc(NC(=O)c4cccc5ccccc45)nc3C2)cc1. The fourth-order valence-electron chi connectivity index (χ4n) is 4.21. The van der Waals surface area contributed by atoms with Gasteiger partial charge in [0.15, 0.2) is 5.78 Å². The number of hydrogen-bond donors (Lipinski definition) is 1. The average molecular weight is 423 g/mol. The van der Waals surface area contributed by atoms with Crippen molar-refractivity contribution in [3.8, 4) is 5.75 Å². The highest BCUT2D eigenvalue weighted by Gasteiger charge is 2.28. The Hall–Kier alpha value is -4.06. The highest BCUT2D eigenvalue weighted by molar-refractivity contribution is 6.12. The van der Waals surface area contributed by atoms with Gasteiger partial charge in [-0.1, -0.05) is 48.5 Å². The van der Waals surface area contributed by atoms with E-state index >= 15 is 0 Å². The zero-order valence-electron chi connectivity index (χ0n) is 17.5. The summed E-state index contributed by atoms with van der Waals surface area (Å²) in [6.07, 6.45) is 2.53. The van der Waals surface area contributed by atoms with Crippen LogP contribution in [0.3, 0.4) is 0 Å². The molecule has 1 amide bonds. The van der Waals surface area contributed by atoms with Gasteiger partial charge >= 0.3 is 0 Å². The van der Waals surface area contributed by atoms with Crippen molar-refractivity contribution in [1.82, 2.24) is 9.97 Å². The summed E-state index contributed by atoms with van der Waals surface area (Å²) in [6, 6.07) is 21.1. The minimum Gasteiger partial charge on any atom is -0.497 e. The summed E-state index contributed by atoms with van der Waals surface area (Å²) in [5.74, 6) is 0.730. The van der Waals surface area contributed by atoms with Gasteiger partial charge in [-0.3, -0.25) is 14.9 Å². The second-order valence-corrected chi connectivity index (χ2v) is 7.84. The zero-order valence-corrected chi connectivity index (χ0v) is 17.5. The third-order valence-electron chi connectivity index (χ3n) is 5.89. The number of nitrogens with one attached hydrogen (secondary N) is 1. The van der Waals surface area contributed by atoms with Gasteiger partial charge in [-0.25, -0.2) is 9.97 Å². The molecule has 0 saturated heterocycles. The molecule has 0 unspecified atom stereocenters. The van der Waals surface area contributed by atoms with Crippen LogP contribution in [0.5, 0.6) is 5.75 Å². The molecule has 0 spiro atoms. The van der Waals surface area contributed by atoms with Gasteiger partial charge in [0.25, 0.3) is 5.91 Å². The molecule has 1 N–H and O–H groups in total. The third kappa shape index (κ3) is 3.71. The van der Waals surface area contributed by atoms with Crippen molar-refractivity contribution in [3.05, 3.63) is 95.3 Å². The number of anilines is 1. The Morgan fingerprint density at radius 2 is 1.78 bits per heavy atom. The second-order valence-electron chi connectivity index (χ2n) is 7.84. The summed E-state index contributed by atoms with van der Waals surface area (Å²) in [6.45, 7) is 0. The van der Waals surface area contributed by atoms with Crippen molar-refractivity contribution in [1.29, 1.82) is 0 Å². The summed E-state index contributed by atoms with van der Waals surface area (Å²) in [5, 5.41) is 4.64. The third-order valence-corrected chi connectivity index (χ3v) is 5.89. The van der Waals surface area contributed by atoms with Crippen LogP contribution >= 0.6 is 0 Å². The molecule has 32 heavy (non-hydrogen) atoms. The number of benzene rings is 3. The lowest BCUT2D eigenvalue weighted by Gasteiger charge is -2.23. The zero-order chi connectivity index (χ0) is 22.1. The van der Waals surface area contributed by atoms with E-state index in [-0.39, 0.29) is 23.6 Å². The number of carbonyl (C=O) groups is 2. The summed E-state index contributed by atoms with van der Waals surface area (Å²) in [5.41, 5.74) is 2.80. The largest absolute Gasteiger partial charge is 0.497 e. The summed E-state index contributed by atoms with van der Waals surface area (Å²) in [7, 11) is 1.63. The molecular formula is C26H21N3O3. The molecule has 0 radical (unpaired) electrons. The fourth-order valence-corrected chi connectivity index (χ4v) is 4.21. The van der Waals surface area contributed by atoms with E-state index in [0.29, 0.717) is 29.7 Å². The average Bonchev–Trinajstić information content (AvgIpc) is 2.83. The van der Waals surface area contributed by atoms with E-state index in [1.54, 1.807) is 13.2 Å². The normalized spacial score (nSPS) is 15.3. The number of fused-ring (bicyclic) bond motifs is 2. The molecule has 4 aromatic rings. The smallest absolute Gasteiger partial charge is 0.258 e. The van der Waals surface area contributed by atoms with Crippen LogP contribution in [0.4, 0.5) is 5.95 Å². The molecule has 6 heteroatoms. The first kappa shape index (κ1) is 19.9. The van der Waals surface area contributed by atoms with Crippen LogP contribution in [0.25, 0.3) is 10.8 Å². The lowest BCUT2D eigenvalue weighted by Crippen LogP contribution is -2.22. The van der Waals surface area contributed by atoms with E-state index in [2.05, 4.69) is 15.3 Å². The molecule has 1 aliphatic rings. The van der Waals surface area contributed by atoms with Gasteiger partial charge in [-0.05, 0) is 46.9 Å². The van der Waals surface area contributed by atoms with Crippen LogP contribution < -0.4 is 10.1 Å². The number of ether oxygens (including phenoxy) is 1. The Balaban J connectivity index is 1.40. The molecule has 1 atom stereocenters. The Morgan fingerprint density at radius 1 is 1.00 bits per heavy atom. The lowest BCUT2D eigenvalue weighted by atomic mass is 9.82. The van der Waals surface area contributed by atoms with Crippen molar-refractivity contribution in [2.75, 3.05) is 12.4 Å². The maximum atomic E-state index is 12.9. The summed E-state index contributed by atoms with van der Waals surface area (Å²) < 4.78 is 5.22. The van der Waals surface area contributed by atoms with Crippen LogP contribution in [0, 0.1) is 0 Å². The molecule has 1 aliphatic carbocycles. The molecule has 6 nitrogen and oxygen atoms in total. The predicted octanol–water partition coefficient (Wildman–Crippen LogP) is 4.80. The van der Waals surface area contributed by atoms with Gasteiger partial charge in [-0.2, -0.15) is 0 Å². The van der Waals surface area contributed by atoms with Gasteiger partial charge in [0.2, 0.25) is 5.95 Å². The van der Waals surface area contributed by atoms with Gasteiger partial charge < -0.3 is 4.74 Å². The fraction of sp³-hybridized carbons (Fsp3) is 0.154. The van der Waals surface area contributed by atoms with Crippen LogP contribution in [-0.4, -0.2) is 28.8 Å². The first-order valence-electron chi connectivity index (χ1n) is 10.4. The van der Waals surface area contributed by atoms with Crippen molar-refractivity contribution < 1.29 is 14.3 Å². The van der Waals surface area contributed by atoms with Gasteiger partial charge in [0.1, 0.15) is 5.75 Å². The maximum Gasteiger partial charge on any atom is 0.258 e. The number of rotatable bonds is 4. The number of hydrogen-bond acceptors (Lipinski definition) is 5. The second kappa shape index (κ2) is 8.23. The Labute approximate surface area is 185 Å². The van der Waals surface area contributed by atoms with Crippen molar-refractivity contribution in [2.24, 2.45) is 0 Å². The molecule has 1 aromatic heterocycles. The van der Waals surface area contributed by atoms with Crippen LogP contribution in [-0.2, 0) is 6.42 Å². The Bertz CT molecular complexity index is 1330. The molecule has 0 fully saturated rings. The highest BCUT2D eigenvalue weighted by atomic mass is 16.5. The number of Topliss-reactive ketones (excluding diaryl/α,β-unsaturated/α-hetero) is 1. The van der Waals surface area contributed by atoms with E-state index in [4.69, 9.17) is 4.74 Å². The van der Waals surface area contributed by atoms with Crippen molar-refractivity contribution in [2.45, 2.75) is 18.8 Å². The number of amides is 1. The monoisotopic (exact) mass is 423 g/mol. The van der Waals surface area contributed by atoms with E-state index in [0.717, 1.165) is 22.1 Å². The summed E-state index contributed by atoms with van der Waals surface area (Å²) >= 11 is 0. The van der Waals surface area contributed by atoms with E-state index in [1.165, 1.54) is 6.20 Å². The minimum atomic E-state index is -0.282. The van der Waals surface area contributed by atoms with Gasteiger partial charge in [0.05, 0.1) is 18.4 Å². The lowest BCUT2D eigenvalue weighted by molar-refractivity contribution is 0.0962. The highest BCUT2D eigenvalue weighted by Crippen LogP contribution is 2.33. The number of methoxy groups -OCH3 is 1. The van der Waals surface area contributed by atoms with Crippen LogP contribution in [0.15, 0.2) is 72.9 Å². The molecule has 0 aliphatic heterocycles. The van der Waals surface area contributed by atoms with Crippen LogP contribution in [0.1, 0.15) is 44.3 Å². The summed E-state index contributed by atoms with van der Waals surface area (Å²) in [4.78, 5) is 34.4. The quantitative estimate of drug-likeness (QED) is 0.510. The van der Waals surface area contributed by atoms with E-state index in [9.17, 15) is 9.59 Å². The molecule has 3 aromatic carbocycles. The number of nitrogens with zero attached hydrogens (tertiary/aromatic N) is 2. The van der Waals surface area contributed by atoms with Crippen LogP contribution in [0.2, 0.25) is 0 Å². The topological polar surface area (TPSA) is 81.2 Å². The number of carbonyl (C=O) groups excluding carboxylic acids is 2. The van der Waals surface area contributed by atoms with E-state index in [1.807, 2.05) is 60.7 Å². The maximum absolute atomic E-state index is 12.9. The van der Waals surface area contributed by atoms with Crippen molar-refractivity contribution >= 4 is 28.4 Å². The number of aromatic nitrogens is 2. The van der Waals surface area contributed by atoms with Gasteiger partial charge in [-0.15, -0.1) is 0 Å².